The zero-order valence-corrected chi connectivity index (χ0v) is 38.3. The lowest BCUT2D eigenvalue weighted by Gasteiger charge is -2.35. The second-order valence-electron chi connectivity index (χ2n) is 17.6. The quantitative estimate of drug-likeness (QED) is 0.0778. The van der Waals surface area contributed by atoms with Crippen molar-refractivity contribution in [2.24, 2.45) is 17.8 Å². The van der Waals surface area contributed by atoms with E-state index in [-0.39, 0.29) is 17.5 Å². The number of ether oxygens (including phenoxy) is 1. The number of Topliss-reactive ketones (excluding diaryl/α,β-unsaturated/α-hetero) is 2. The average molecular weight is 893 g/mol. The lowest BCUT2D eigenvalue weighted by atomic mass is 9.88. The molecule has 0 atom stereocenters. The van der Waals surface area contributed by atoms with Crippen LogP contribution in [-0.4, -0.2) is 61.8 Å². The smallest absolute Gasteiger partial charge is 0.225 e. The monoisotopic (exact) mass is 892 g/mol. The zero-order valence-electron chi connectivity index (χ0n) is 36.6. The molecule has 10 heteroatoms. The van der Waals surface area contributed by atoms with E-state index in [1.54, 1.807) is 22.7 Å². The summed E-state index contributed by atoms with van der Waals surface area (Å²) in [6, 6.07) is 36.3. The van der Waals surface area contributed by atoms with Gasteiger partial charge in [-0.3, -0.25) is 14.4 Å². The molecule has 0 bridgehead atoms. The molecule has 0 saturated carbocycles. The number of rotatable bonds is 13. The van der Waals surface area contributed by atoms with Crippen molar-refractivity contribution < 1.29 is 19.1 Å². The summed E-state index contributed by atoms with van der Waals surface area (Å²) in [4.78, 5) is 43.0. The van der Waals surface area contributed by atoms with Gasteiger partial charge in [-0.15, -0.1) is 22.7 Å². The van der Waals surface area contributed by atoms with Crippen LogP contribution in [0.5, 0.6) is 0 Å². The number of piperidine rings is 2. The summed E-state index contributed by atoms with van der Waals surface area (Å²) in [5, 5.41) is 7.52. The van der Waals surface area contributed by atoms with Gasteiger partial charge in [-0.25, -0.2) is 0 Å². The van der Waals surface area contributed by atoms with Gasteiger partial charge in [0.2, 0.25) is 5.91 Å². The molecular weight excluding hydrogens is 833 g/mol. The van der Waals surface area contributed by atoms with Crippen molar-refractivity contribution in [1.82, 2.24) is 10.2 Å². The third-order valence-electron chi connectivity index (χ3n) is 13.2. The highest BCUT2D eigenvalue weighted by molar-refractivity contribution is 7.13. The first-order chi connectivity index (χ1) is 31.3. The third kappa shape index (κ3) is 12.0. The molecule has 3 fully saturated rings. The molecule has 5 heterocycles. The highest BCUT2D eigenvalue weighted by Gasteiger charge is 2.29. The maximum absolute atomic E-state index is 13.0. The molecule has 0 aliphatic carbocycles. The highest BCUT2D eigenvalue weighted by atomic mass is 32.1. The summed E-state index contributed by atoms with van der Waals surface area (Å²) in [5.74, 6) is 1.99. The topological polar surface area (TPSA) is 128 Å². The van der Waals surface area contributed by atoms with Crippen LogP contribution in [0.3, 0.4) is 0 Å². The van der Waals surface area contributed by atoms with Gasteiger partial charge < -0.3 is 26.4 Å². The van der Waals surface area contributed by atoms with Crippen molar-refractivity contribution in [3.05, 3.63) is 153 Å². The first kappa shape index (κ1) is 45.2. The Morgan fingerprint density at radius 1 is 0.594 bits per heavy atom. The SMILES string of the molecule is Nc1ccc(-c2cccs2)cc1CC(=O)c1ccc(CC2CCN(C(=O)C3CCOCC3)CC2)cc1.Nc1ccc(-c2cccs2)cc1CC(=O)c1ccc(CC2CCNCC2)cc1. The van der Waals surface area contributed by atoms with E-state index in [1.165, 1.54) is 33.7 Å². The largest absolute Gasteiger partial charge is 0.398 e. The summed E-state index contributed by atoms with van der Waals surface area (Å²) >= 11 is 3.37. The molecule has 1 amide bonds. The van der Waals surface area contributed by atoms with E-state index in [2.05, 4.69) is 52.0 Å². The molecule has 8 nitrogen and oxygen atoms in total. The number of anilines is 2. The van der Waals surface area contributed by atoms with Gasteiger partial charge in [-0.2, -0.15) is 0 Å². The minimum absolute atomic E-state index is 0.0801. The fourth-order valence-electron chi connectivity index (χ4n) is 9.23. The van der Waals surface area contributed by atoms with E-state index in [0.29, 0.717) is 49.3 Å². The van der Waals surface area contributed by atoms with E-state index >= 15 is 0 Å². The first-order valence-electron chi connectivity index (χ1n) is 22.9. The van der Waals surface area contributed by atoms with Crippen LogP contribution in [0.25, 0.3) is 20.9 Å². The van der Waals surface area contributed by atoms with Gasteiger partial charge in [-0.1, -0.05) is 72.8 Å². The molecule has 2 aromatic heterocycles. The number of carbonyl (C=O) groups is 3. The standard InChI is InChI=1S/C30H34N2O3S.C24H26N2OS/c31-27-8-7-25(29-2-1-17-36-29)19-26(27)20-28(33)23-5-3-21(4-6-23)18-22-9-13-32(14-10-22)30(34)24-11-15-35-16-12-24;25-22-8-7-20(24-2-1-13-28-24)15-21(22)16-23(27)19-5-3-17(4-6-19)14-18-9-11-26-12-10-18/h1-8,17,19,22,24H,9-16,18,20,31H2;1-8,13,15,18,26H,9-12,14,16,25H2. The maximum Gasteiger partial charge on any atom is 0.225 e. The minimum atomic E-state index is 0.0801. The number of nitrogens with two attached hydrogens (primary N) is 2. The molecule has 9 rings (SSSR count). The van der Waals surface area contributed by atoms with Crippen molar-refractivity contribution in [1.29, 1.82) is 0 Å². The minimum Gasteiger partial charge on any atom is -0.398 e. The maximum atomic E-state index is 13.0. The predicted molar refractivity (Wildman–Crippen MR) is 263 cm³/mol. The van der Waals surface area contributed by atoms with E-state index < -0.39 is 0 Å². The van der Waals surface area contributed by atoms with Crippen LogP contribution in [-0.2, 0) is 35.2 Å². The molecule has 64 heavy (non-hydrogen) atoms. The molecule has 0 radical (unpaired) electrons. The van der Waals surface area contributed by atoms with Crippen molar-refractivity contribution >= 4 is 51.5 Å². The number of amides is 1. The Hall–Kier alpha value is -5.39. The number of likely N-dealkylation sites (tertiary alicyclic amines) is 1. The summed E-state index contributed by atoms with van der Waals surface area (Å²) in [6.07, 6.45) is 8.98. The van der Waals surface area contributed by atoms with Crippen LogP contribution in [0.1, 0.15) is 81.5 Å². The zero-order chi connectivity index (χ0) is 44.3. The normalized spacial score (nSPS) is 16.2. The van der Waals surface area contributed by atoms with Crippen LogP contribution in [0.4, 0.5) is 11.4 Å². The van der Waals surface area contributed by atoms with E-state index in [1.807, 2.05) is 78.2 Å². The summed E-state index contributed by atoms with van der Waals surface area (Å²) < 4.78 is 5.40. The fourth-order valence-corrected chi connectivity index (χ4v) is 10.7. The molecule has 0 spiro atoms. The van der Waals surface area contributed by atoms with Gasteiger partial charge in [0.15, 0.2) is 11.6 Å². The number of nitrogens with zero attached hydrogens (tertiary/aromatic N) is 1. The van der Waals surface area contributed by atoms with Crippen molar-refractivity contribution in [2.45, 2.75) is 64.2 Å². The van der Waals surface area contributed by atoms with Gasteiger partial charge in [-0.05, 0) is 157 Å². The van der Waals surface area contributed by atoms with E-state index in [9.17, 15) is 14.4 Å². The number of nitrogen functional groups attached to an aromatic ring is 2. The molecule has 4 aromatic carbocycles. The van der Waals surface area contributed by atoms with Gasteiger partial charge in [0.05, 0.1) is 0 Å². The van der Waals surface area contributed by atoms with Gasteiger partial charge >= 0.3 is 0 Å². The average Bonchev–Trinajstić information content (AvgIpc) is 4.09. The number of hydrogen-bond acceptors (Lipinski definition) is 9. The number of nitrogens with one attached hydrogen (secondary N) is 1. The molecule has 5 N–H and O–H groups in total. The summed E-state index contributed by atoms with van der Waals surface area (Å²) in [6.45, 7) is 5.35. The summed E-state index contributed by atoms with van der Waals surface area (Å²) in [7, 11) is 0. The lowest BCUT2D eigenvalue weighted by molar-refractivity contribution is -0.139. The fraction of sp³-hybridized carbons (Fsp3) is 0.352. The molecular formula is C54H60N4O4S2. The number of carbonyl (C=O) groups excluding carboxylic acids is 3. The summed E-state index contributed by atoms with van der Waals surface area (Å²) in [5.41, 5.74) is 21.7. The van der Waals surface area contributed by atoms with Gasteiger partial charge in [0.25, 0.3) is 0 Å². The molecule has 3 aliphatic heterocycles. The number of benzene rings is 4. The number of thiophene rings is 2. The van der Waals surface area contributed by atoms with Gasteiger partial charge in [0.1, 0.15) is 0 Å². The van der Waals surface area contributed by atoms with Crippen LogP contribution in [0, 0.1) is 17.8 Å². The Labute approximate surface area is 386 Å². The van der Waals surface area contributed by atoms with Crippen molar-refractivity contribution in [3.8, 4) is 20.9 Å². The molecule has 3 saturated heterocycles. The molecule has 332 valence electrons. The Kier molecular flexibility index (Phi) is 15.5. The number of hydrogen-bond donors (Lipinski definition) is 3. The van der Waals surface area contributed by atoms with Crippen LogP contribution < -0.4 is 16.8 Å². The molecule has 6 aromatic rings. The second-order valence-corrected chi connectivity index (χ2v) is 19.5. The van der Waals surface area contributed by atoms with Crippen LogP contribution in [0.15, 0.2) is 120 Å². The first-order valence-corrected chi connectivity index (χ1v) is 24.7. The van der Waals surface area contributed by atoms with Gasteiger partial charge in [0, 0.05) is 77.3 Å². The van der Waals surface area contributed by atoms with Crippen LogP contribution in [0.2, 0.25) is 0 Å². The third-order valence-corrected chi connectivity index (χ3v) is 15.0. The molecule has 3 aliphatic rings. The second kappa shape index (κ2) is 22.0. The Bertz CT molecular complexity index is 2450. The Balaban J connectivity index is 0.000000181. The van der Waals surface area contributed by atoms with Crippen molar-refractivity contribution in [2.75, 3.05) is 50.9 Å². The highest BCUT2D eigenvalue weighted by Crippen LogP contribution is 2.31. The Morgan fingerprint density at radius 3 is 1.52 bits per heavy atom. The lowest BCUT2D eigenvalue weighted by Crippen LogP contribution is -2.43. The number of ketones is 2. The van der Waals surface area contributed by atoms with Crippen molar-refractivity contribution in [3.63, 3.8) is 0 Å². The van der Waals surface area contributed by atoms with E-state index in [0.717, 1.165) is 104 Å². The Morgan fingerprint density at radius 2 is 1.06 bits per heavy atom. The predicted octanol–water partition coefficient (Wildman–Crippen LogP) is 10.6. The van der Waals surface area contributed by atoms with Crippen LogP contribution >= 0.6 is 22.7 Å². The van der Waals surface area contributed by atoms with E-state index in [4.69, 9.17) is 16.2 Å². The molecule has 0 unspecified atom stereocenters.